The molecule has 104 valence electrons. The molecule has 1 aliphatic rings. The molecule has 1 saturated heterocycles. The van der Waals surface area contributed by atoms with E-state index < -0.39 is 0 Å². The zero-order chi connectivity index (χ0) is 13.8. The number of hydrogen-bond donors (Lipinski definition) is 0. The maximum Gasteiger partial charge on any atom is 0.0352 e. The molecule has 2 nitrogen and oxygen atoms in total. The van der Waals surface area contributed by atoms with Crippen molar-refractivity contribution in [1.29, 1.82) is 0 Å². The number of nitrogens with zero attached hydrogens (tertiary/aromatic N) is 2. The number of aromatic nitrogens is 1. The largest absolute Gasteiger partial charge is 0.292 e. The Kier molecular flexibility index (Phi) is 4.48. The van der Waals surface area contributed by atoms with Crippen LogP contribution in [0.2, 0.25) is 0 Å². The maximum atomic E-state index is 4.10. The zero-order valence-electron chi connectivity index (χ0n) is 11.5. The van der Waals surface area contributed by atoms with Gasteiger partial charge < -0.3 is 0 Å². The fraction of sp³-hybridized carbons (Fsp3) is 0.353. The standard InChI is InChI=1S/C17H19BrN2/c18-16-5-3-4-15(12-16)17-6-1-2-11-20(17)13-14-7-9-19-10-8-14/h3-5,7-10,12,17H,1-2,6,11,13H2. The quantitative estimate of drug-likeness (QED) is 0.819. The normalized spacial score (nSPS) is 19.9. The van der Waals surface area contributed by atoms with E-state index in [9.17, 15) is 0 Å². The van der Waals surface area contributed by atoms with Gasteiger partial charge in [-0.05, 0) is 54.8 Å². The second kappa shape index (κ2) is 6.51. The van der Waals surface area contributed by atoms with Gasteiger partial charge in [0.15, 0.2) is 0 Å². The van der Waals surface area contributed by atoms with Crippen molar-refractivity contribution in [3.63, 3.8) is 0 Å². The molecule has 20 heavy (non-hydrogen) atoms. The van der Waals surface area contributed by atoms with Gasteiger partial charge in [0.25, 0.3) is 0 Å². The molecule has 1 unspecified atom stereocenters. The molecule has 0 bridgehead atoms. The number of halogens is 1. The first-order chi connectivity index (χ1) is 9.83. The summed E-state index contributed by atoms with van der Waals surface area (Å²) in [7, 11) is 0. The van der Waals surface area contributed by atoms with Crippen LogP contribution in [0.4, 0.5) is 0 Å². The molecule has 2 heterocycles. The first-order valence-corrected chi connectivity index (χ1v) is 8.00. The van der Waals surface area contributed by atoms with Crippen LogP contribution in [0.3, 0.4) is 0 Å². The van der Waals surface area contributed by atoms with Crippen molar-refractivity contribution < 1.29 is 0 Å². The van der Waals surface area contributed by atoms with Crippen molar-refractivity contribution in [2.45, 2.75) is 31.8 Å². The van der Waals surface area contributed by atoms with Gasteiger partial charge in [-0.2, -0.15) is 0 Å². The molecule has 1 aromatic carbocycles. The first kappa shape index (κ1) is 13.8. The van der Waals surface area contributed by atoms with E-state index in [-0.39, 0.29) is 0 Å². The van der Waals surface area contributed by atoms with Crippen LogP contribution >= 0.6 is 15.9 Å². The average molecular weight is 331 g/mol. The second-order valence-corrected chi connectivity index (χ2v) is 6.31. The molecule has 0 radical (unpaired) electrons. The summed E-state index contributed by atoms with van der Waals surface area (Å²) in [5, 5.41) is 0. The van der Waals surface area contributed by atoms with Gasteiger partial charge >= 0.3 is 0 Å². The van der Waals surface area contributed by atoms with Crippen LogP contribution in [0.15, 0.2) is 53.3 Å². The van der Waals surface area contributed by atoms with E-state index in [2.05, 4.69) is 62.2 Å². The minimum Gasteiger partial charge on any atom is -0.292 e. The summed E-state index contributed by atoms with van der Waals surface area (Å²) in [5.41, 5.74) is 2.77. The van der Waals surface area contributed by atoms with Crippen LogP contribution in [0, 0.1) is 0 Å². The molecule has 0 saturated carbocycles. The Morgan fingerprint density at radius 3 is 2.80 bits per heavy atom. The molecule has 1 fully saturated rings. The van der Waals surface area contributed by atoms with Crippen LogP contribution in [0.1, 0.15) is 36.4 Å². The molecule has 2 aromatic rings. The molecular weight excluding hydrogens is 312 g/mol. The van der Waals surface area contributed by atoms with E-state index >= 15 is 0 Å². The van der Waals surface area contributed by atoms with E-state index in [1.54, 1.807) is 0 Å². The summed E-state index contributed by atoms with van der Waals surface area (Å²) in [6.07, 6.45) is 7.64. The van der Waals surface area contributed by atoms with Crippen molar-refractivity contribution in [1.82, 2.24) is 9.88 Å². The molecular formula is C17H19BrN2. The lowest BCUT2D eigenvalue weighted by Gasteiger charge is -2.36. The van der Waals surface area contributed by atoms with Crippen molar-refractivity contribution in [2.24, 2.45) is 0 Å². The van der Waals surface area contributed by atoms with E-state index in [4.69, 9.17) is 0 Å². The molecule has 0 amide bonds. The van der Waals surface area contributed by atoms with Gasteiger partial charge in [0, 0.05) is 29.5 Å². The van der Waals surface area contributed by atoms with Crippen molar-refractivity contribution >= 4 is 15.9 Å². The zero-order valence-corrected chi connectivity index (χ0v) is 13.1. The smallest absolute Gasteiger partial charge is 0.0352 e. The minimum atomic E-state index is 0.536. The number of likely N-dealkylation sites (tertiary alicyclic amines) is 1. The fourth-order valence-electron chi connectivity index (χ4n) is 2.99. The Morgan fingerprint density at radius 1 is 1.15 bits per heavy atom. The van der Waals surface area contributed by atoms with Gasteiger partial charge in [-0.1, -0.05) is 34.5 Å². The van der Waals surface area contributed by atoms with E-state index in [1.807, 2.05) is 12.4 Å². The highest BCUT2D eigenvalue weighted by molar-refractivity contribution is 9.10. The Bertz CT molecular complexity index is 556. The molecule has 3 heteroatoms. The summed E-state index contributed by atoms with van der Waals surface area (Å²) in [4.78, 5) is 6.70. The topological polar surface area (TPSA) is 16.1 Å². The fourth-order valence-corrected chi connectivity index (χ4v) is 3.41. The molecule has 1 aromatic heterocycles. The summed E-state index contributed by atoms with van der Waals surface area (Å²) in [5.74, 6) is 0. The average Bonchev–Trinajstić information content (AvgIpc) is 2.49. The highest BCUT2D eigenvalue weighted by atomic mass is 79.9. The van der Waals surface area contributed by atoms with Crippen LogP contribution in [-0.4, -0.2) is 16.4 Å². The van der Waals surface area contributed by atoms with E-state index in [1.165, 1.54) is 41.4 Å². The number of piperidine rings is 1. The van der Waals surface area contributed by atoms with Crippen molar-refractivity contribution in [2.75, 3.05) is 6.54 Å². The molecule has 0 spiro atoms. The van der Waals surface area contributed by atoms with Gasteiger partial charge in [0.1, 0.15) is 0 Å². The number of benzene rings is 1. The van der Waals surface area contributed by atoms with Gasteiger partial charge in [-0.25, -0.2) is 0 Å². The van der Waals surface area contributed by atoms with Crippen molar-refractivity contribution in [3.05, 3.63) is 64.4 Å². The predicted molar refractivity (Wildman–Crippen MR) is 85.4 cm³/mol. The molecule has 0 aliphatic carbocycles. The lowest BCUT2D eigenvalue weighted by Crippen LogP contribution is -2.32. The van der Waals surface area contributed by atoms with E-state index in [0.717, 1.165) is 6.54 Å². The number of rotatable bonds is 3. The lowest BCUT2D eigenvalue weighted by atomic mass is 9.95. The second-order valence-electron chi connectivity index (χ2n) is 5.39. The van der Waals surface area contributed by atoms with Gasteiger partial charge in [0.05, 0.1) is 0 Å². The van der Waals surface area contributed by atoms with Crippen LogP contribution in [-0.2, 0) is 6.54 Å². The lowest BCUT2D eigenvalue weighted by molar-refractivity contribution is 0.140. The first-order valence-electron chi connectivity index (χ1n) is 7.21. The Morgan fingerprint density at radius 2 is 2.00 bits per heavy atom. The minimum absolute atomic E-state index is 0.536. The summed E-state index contributed by atoms with van der Waals surface area (Å²) in [6, 6.07) is 13.5. The Balaban J connectivity index is 1.80. The predicted octanol–water partition coefficient (Wildman–Crippen LogP) is 4.57. The molecule has 1 aliphatic heterocycles. The molecule has 3 rings (SSSR count). The van der Waals surface area contributed by atoms with Crippen molar-refractivity contribution in [3.8, 4) is 0 Å². The Labute approximate surface area is 129 Å². The molecule has 1 atom stereocenters. The molecule has 0 N–H and O–H groups in total. The van der Waals surface area contributed by atoms with Gasteiger partial charge in [-0.15, -0.1) is 0 Å². The van der Waals surface area contributed by atoms with Crippen LogP contribution < -0.4 is 0 Å². The summed E-state index contributed by atoms with van der Waals surface area (Å²) < 4.78 is 1.17. The van der Waals surface area contributed by atoms with E-state index in [0.29, 0.717) is 6.04 Å². The number of pyridine rings is 1. The third kappa shape index (κ3) is 3.28. The highest BCUT2D eigenvalue weighted by Crippen LogP contribution is 2.33. The highest BCUT2D eigenvalue weighted by Gasteiger charge is 2.23. The van der Waals surface area contributed by atoms with Gasteiger partial charge in [0.2, 0.25) is 0 Å². The van der Waals surface area contributed by atoms with Gasteiger partial charge in [-0.3, -0.25) is 9.88 Å². The SMILES string of the molecule is Brc1cccc(C2CCCCN2Cc2ccncc2)c1. The number of hydrogen-bond acceptors (Lipinski definition) is 2. The maximum absolute atomic E-state index is 4.10. The monoisotopic (exact) mass is 330 g/mol. The summed E-state index contributed by atoms with van der Waals surface area (Å²) >= 11 is 3.59. The summed E-state index contributed by atoms with van der Waals surface area (Å²) in [6.45, 7) is 2.19. The Hall–Kier alpha value is -1.19. The third-order valence-corrected chi connectivity index (χ3v) is 4.48. The van der Waals surface area contributed by atoms with Crippen LogP contribution in [0.25, 0.3) is 0 Å². The third-order valence-electron chi connectivity index (χ3n) is 3.98. The van der Waals surface area contributed by atoms with Crippen LogP contribution in [0.5, 0.6) is 0 Å².